The molecule has 4 rings (SSSR count). The molecule has 152 valence electrons. The number of ether oxygens (including phenoxy) is 1. The van der Waals surface area contributed by atoms with Gasteiger partial charge in [-0.2, -0.15) is 8.78 Å². The number of anilines is 2. The van der Waals surface area contributed by atoms with Crippen LogP contribution in [0.2, 0.25) is 0 Å². The van der Waals surface area contributed by atoms with Crippen LogP contribution in [0.25, 0.3) is 11.3 Å². The van der Waals surface area contributed by atoms with Crippen LogP contribution in [0.3, 0.4) is 0 Å². The number of aryl methyl sites for hydroxylation is 1. The summed E-state index contributed by atoms with van der Waals surface area (Å²) in [6.45, 7) is 0. The first-order chi connectivity index (χ1) is 13.9. The maximum Gasteiger partial charge on any atom is 0.385 e. The molecule has 1 aliphatic rings. The number of alkyl halides is 2. The highest BCUT2D eigenvalue weighted by molar-refractivity contribution is 7.97. The number of benzene rings is 1. The van der Waals surface area contributed by atoms with Crippen LogP contribution < -0.4 is 10.0 Å². The van der Waals surface area contributed by atoms with Gasteiger partial charge in [-0.05, 0) is 62.2 Å². The van der Waals surface area contributed by atoms with Gasteiger partial charge < -0.3 is 14.6 Å². The highest BCUT2D eigenvalue weighted by Crippen LogP contribution is 2.38. The van der Waals surface area contributed by atoms with E-state index in [2.05, 4.69) is 20.0 Å². The summed E-state index contributed by atoms with van der Waals surface area (Å²) in [5.74, 6) is 0.460. The zero-order chi connectivity index (χ0) is 20.4. The van der Waals surface area contributed by atoms with Crippen molar-refractivity contribution in [1.82, 2.24) is 19.3 Å². The smallest absolute Gasteiger partial charge is 0.340 e. The van der Waals surface area contributed by atoms with E-state index < -0.39 is 6.11 Å². The quantitative estimate of drug-likeness (QED) is 0.519. The van der Waals surface area contributed by atoms with Crippen LogP contribution in [0.15, 0.2) is 53.9 Å². The van der Waals surface area contributed by atoms with Gasteiger partial charge in [0.15, 0.2) is 0 Å². The molecule has 2 aromatic heterocycles. The molecule has 0 unspecified atom stereocenters. The lowest BCUT2D eigenvalue weighted by molar-refractivity contribution is -0.255. The van der Waals surface area contributed by atoms with E-state index in [1.807, 2.05) is 43.1 Å². The average molecular weight is 417 g/mol. The second kappa shape index (κ2) is 8.10. The molecule has 1 saturated carbocycles. The van der Waals surface area contributed by atoms with Crippen LogP contribution in [-0.2, 0) is 17.9 Å². The topological polar surface area (TPSA) is 64.0 Å². The molecule has 0 aliphatic heterocycles. The third kappa shape index (κ3) is 4.75. The number of hydrogen-bond acceptors (Lipinski definition) is 6. The number of rotatable bonds is 8. The third-order valence-corrected chi connectivity index (χ3v) is 5.09. The summed E-state index contributed by atoms with van der Waals surface area (Å²) in [6.07, 6.45) is 2.49. The monoisotopic (exact) mass is 417 g/mol. The van der Waals surface area contributed by atoms with E-state index in [1.165, 1.54) is 24.1 Å². The first-order valence-electron chi connectivity index (χ1n) is 9.20. The maximum atomic E-state index is 14.1. The Morgan fingerprint density at radius 1 is 1.21 bits per heavy atom. The van der Waals surface area contributed by atoms with Gasteiger partial charge >= 0.3 is 6.11 Å². The number of nitrogens with zero attached hydrogens (tertiary/aromatic N) is 3. The maximum absolute atomic E-state index is 14.1. The average Bonchev–Trinajstić information content (AvgIpc) is 3.39. The van der Waals surface area contributed by atoms with Gasteiger partial charge in [-0.15, -0.1) is 0 Å². The van der Waals surface area contributed by atoms with E-state index >= 15 is 0 Å². The molecule has 2 N–H and O–H groups in total. The first kappa shape index (κ1) is 19.8. The summed E-state index contributed by atoms with van der Waals surface area (Å²) < 4.78 is 37.9. The second-order valence-electron chi connectivity index (χ2n) is 6.83. The van der Waals surface area contributed by atoms with Gasteiger partial charge in [-0.25, -0.2) is 9.97 Å². The van der Waals surface area contributed by atoms with Gasteiger partial charge in [0.2, 0.25) is 0 Å². The fourth-order valence-electron chi connectivity index (χ4n) is 2.82. The lowest BCUT2D eigenvalue weighted by atomic mass is 10.1. The lowest BCUT2D eigenvalue weighted by Crippen LogP contribution is -2.19. The molecule has 0 saturated heterocycles. The summed E-state index contributed by atoms with van der Waals surface area (Å²) in [7, 11) is 3.76. The van der Waals surface area contributed by atoms with E-state index in [4.69, 9.17) is 4.74 Å². The zero-order valence-corrected chi connectivity index (χ0v) is 16.8. The minimum absolute atomic E-state index is 0.249. The molecule has 6 nitrogen and oxygen atoms in total. The summed E-state index contributed by atoms with van der Waals surface area (Å²) in [5.41, 5.74) is 2.22. The Balaban J connectivity index is 1.58. The minimum atomic E-state index is -3.32. The van der Waals surface area contributed by atoms with Crippen LogP contribution in [0, 0.1) is 0 Å². The van der Waals surface area contributed by atoms with Crippen molar-refractivity contribution >= 4 is 23.5 Å². The Morgan fingerprint density at radius 2 is 2.03 bits per heavy atom. The van der Waals surface area contributed by atoms with Crippen molar-refractivity contribution in [2.24, 2.45) is 7.05 Å². The Kier molecular flexibility index (Phi) is 5.53. The molecule has 1 aliphatic carbocycles. The molecule has 1 fully saturated rings. The van der Waals surface area contributed by atoms with Crippen molar-refractivity contribution in [3.63, 3.8) is 0 Å². The number of halogens is 2. The SMILES string of the molecule is CNSc1ccc(Nc2ccc(C(F)(F)OC3CC3)cn2)c(-c2cn(C)cn2)c1. The molecule has 0 atom stereocenters. The summed E-state index contributed by atoms with van der Waals surface area (Å²) in [6, 6.07) is 8.76. The fourth-order valence-corrected chi connectivity index (χ4v) is 3.37. The van der Waals surface area contributed by atoms with Crippen molar-refractivity contribution in [2.75, 3.05) is 12.4 Å². The predicted octanol–water partition coefficient (Wildman–Crippen LogP) is 4.68. The van der Waals surface area contributed by atoms with Crippen LogP contribution >= 0.6 is 11.9 Å². The fraction of sp³-hybridized carbons (Fsp3) is 0.300. The van der Waals surface area contributed by atoms with Crippen LogP contribution in [0.4, 0.5) is 20.3 Å². The Hall–Kier alpha value is -2.49. The lowest BCUT2D eigenvalue weighted by Gasteiger charge is -2.17. The Labute approximate surface area is 171 Å². The Bertz CT molecular complexity index is 989. The standard InChI is InChI=1S/C20H21F2N5OS/c1-23-29-15-6-7-17(16(9-15)18-11-27(2)12-25-18)26-19-8-3-13(10-24-19)20(21,22)28-14-4-5-14/h3,6-12,14,23H,4-5H2,1-2H3,(H,24,26). The minimum Gasteiger partial charge on any atom is -0.340 e. The molecular formula is C20H21F2N5OS. The van der Waals surface area contributed by atoms with E-state index in [9.17, 15) is 8.78 Å². The van der Waals surface area contributed by atoms with Crippen molar-refractivity contribution in [1.29, 1.82) is 0 Å². The van der Waals surface area contributed by atoms with E-state index in [-0.39, 0.29) is 11.7 Å². The van der Waals surface area contributed by atoms with Gasteiger partial charge in [0, 0.05) is 35.6 Å². The first-order valence-corrected chi connectivity index (χ1v) is 10.0. The third-order valence-electron chi connectivity index (χ3n) is 4.39. The molecule has 29 heavy (non-hydrogen) atoms. The molecule has 0 radical (unpaired) electrons. The van der Waals surface area contributed by atoms with Gasteiger partial charge in [0.1, 0.15) is 5.82 Å². The van der Waals surface area contributed by atoms with Crippen molar-refractivity contribution in [2.45, 2.75) is 29.9 Å². The van der Waals surface area contributed by atoms with Crippen LogP contribution in [0.1, 0.15) is 18.4 Å². The van der Waals surface area contributed by atoms with Crippen molar-refractivity contribution in [3.05, 3.63) is 54.6 Å². The largest absolute Gasteiger partial charge is 0.385 e. The summed E-state index contributed by atoms with van der Waals surface area (Å²) >= 11 is 1.50. The van der Waals surface area contributed by atoms with E-state index in [0.29, 0.717) is 18.7 Å². The van der Waals surface area contributed by atoms with Gasteiger partial charge in [0.25, 0.3) is 0 Å². The Morgan fingerprint density at radius 3 is 2.66 bits per heavy atom. The molecule has 1 aromatic carbocycles. The normalized spacial score (nSPS) is 14.2. The van der Waals surface area contributed by atoms with Crippen molar-refractivity contribution in [3.8, 4) is 11.3 Å². The van der Waals surface area contributed by atoms with Crippen LogP contribution in [-0.4, -0.2) is 27.7 Å². The summed E-state index contributed by atoms with van der Waals surface area (Å²) in [4.78, 5) is 9.61. The summed E-state index contributed by atoms with van der Waals surface area (Å²) in [5, 5.41) is 3.21. The molecule has 0 spiro atoms. The predicted molar refractivity (Wildman–Crippen MR) is 109 cm³/mol. The highest BCUT2D eigenvalue weighted by Gasteiger charge is 2.40. The van der Waals surface area contributed by atoms with Gasteiger partial charge in [-0.3, -0.25) is 4.72 Å². The van der Waals surface area contributed by atoms with Gasteiger partial charge in [-0.1, -0.05) is 0 Å². The number of hydrogen-bond donors (Lipinski definition) is 2. The van der Waals surface area contributed by atoms with E-state index in [0.717, 1.165) is 28.0 Å². The number of aromatic nitrogens is 3. The van der Waals surface area contributed by atoms with Gasteiger partial charge in [0.05, 0.1) is 23.7 Å². The second-order valence-corrected chi connectivity index (χ2v) is 7.91. The number of nitrogens with one attached hydrogen (secondary N) is 2. The van der Waals surface area contributed by atoms with Crippen molar-refractivity contribution < 1.29 is 13.5 Å². The molecule has 3 aromatic rings. The molecular weight excluding hydrogens is 396 g/mol. The zero-order valence-electron chi connectivity index (χ0n) is 16.0. The molecule has 2 heterocycles. The highest BCUT2D eigenvalue weighted by atomic mass is 32.2. The number of imidazole rings is 1. The molecule has 0 amide bonds. The molecule has 0 bridgehead atoms. The van der Waals surface area contributed by atoms with Crippen LogP contribution in [0.5, 0.6) is 0 Å². The van der Waals surface area contributed by atoms with E-state index in [1.54, 1.807) is 6.33 Å². The molecule has 9 heteroatoms. The number of pyridine rings is 1.